The number of nitrogens with zero attached hydrogens (tertiary/aromatic N) is 4. The van der Waals surface area contributed by atoms with E-state index >= 15 is 0 Å². The standard InChI is InChI=1S/C23H20N4O4/c1-25(15-17-7-3-2-4-8-17)23-24-20-9-5-6-10-21(20)26(23)16-22(28)31-19-13-11-18(12-14-19)27(29)30/h2-14H,15-16H2,1H3. The van der Waals surface area contributed by atoms with Gasteiger partial charge in [0.1, 0.15) is 12.3 Å². The number of hydrogen-bond acceptors (Lipinski definition) is 6. The number of benzene rings is 3. The van der Waals surface area contributed by atoms with Gasteiger partial charge in [-0.1, -0.05) is 42.5 Å². The van der Waals surface area contributed by atoms with E-state index < -0.39 is 10.9 Å². The molecule has 0 N–H and O–H groups in total. The molecule has 31 heavy (non-hydrogen) atoms. The van der Waals surface area contributed by atoms with Gasteiger partial charge in [-0.2, -0.15) is 0 Å². The van der Waals surface area contributed by atoms with Crippen LogP contribution in [0.25, 0.3) is 11.0 Å². The van der Waals surface area contributed by atoms with Gasteiger partial charge >= 0.3 is 5.97 Å². The molecule has 0 unspecified atom stereocenters. The van der Waals surface area contributed by atoms with Crippen LogP contribution >= 0.6 is 0 Å². The van der Waals surface area contributed by atoms with Crippen molar-refractivity contribution in [2.75, 3.05) is 11.9 Å². The number of fused-ring (bicyclic) bond motifs is 1. The quantitative estimate of drug-likeness (QED) is 0.194. The van der Waals surface area contributed by atoms with E-state index in [0.717, 1.165) is 16.6 Å². The number of aromatic nitrogens is 2. The molecule has 0 amide bonds. The predicted octanol–water partition coefficient (Wildman–Crippen LogP) is 4.19. The maximum absolute atomic E-state index is 12.7. The van der Waals surface area contributed by atoms with Gasteiger partial charge in [0.05, 0.1) is 16.0 Å². The monoisotopic (exact) mass is 416 g/mol. The molecule has 0 saturated heterocycles. The highest BCUT2D eigenvalue weighted by Gasteiger charge is 2.18. The lowest BCUT2D eigenvalue weighted by Gasteiger charge is -2.20. The molecule has 156 valence electrons. The van der Waals surface area contributed by atoms with Gasteiger partial charge in [-0.15, -0.1) is 0 Å². The Bertz CT molecular complexity index is 1220. The van der Waals surface area contributed by atoms with E-state index in [1.54, 1.807) is 0 Å². The van der Waals surface area contributed by atoms with E-state index in [-0.39, 0.29) is 18.0 Å². The number of carbonyl (C=O) groups is 1. The molecular weight excluding hydrogens is 396 g/mol. The Kier molecular flexibility index (Phi) is 5.61. The molecule has 4 aromatic rings. The van der Waals surface area contributed by atoms with Gasteiger partial charge in [-0.25, -0.2) is 9.78 Å². The van der Waals surface area contributed by atoms with E-state index in [1.165, 1.54) is 24.3 Å². The predicted molar refractivity (Wildman–Crippen MR) is 117 cm³/mol. The molecule has 0 aliphatic heterocycles. The number of non-ortho nitro benzene ring substituents is 1. The first-order valence-electron chi connectivity index (χ1n) is 9.67. The van der Waals surface area contributed by atoms with Crippen LogP contribution in [0.5, 0.6) is 5.75 Å². The van der Waals surface area contributed by atoms with Gasteiger partial charge in [-0.3, -0.25) is 14.7 Å². The zero-order valence-corrected chi connectivity index (χ0v) is 16.8. The maximum Gasteiger partial charge on any atom is 0.331 e. The number of rotatable bonds is 7. The molecule has 0 aliphatic rings. The summed E-state index contributed by atoms with van der Waals surface area (Å²) in [5.41, 5.74) is 2.65. The number of carbonyl (C=O) groups excluding carboxylic acids is 1. The topological polar surface area (TPSA) is 90.5 Å². The van der Waals surface area contributed by atoms with E-state index in [1.807, 2.05) is 71.1 Å². The summed E-state index contributed by atoms with van der Waals surface area (Å²) in [4.78, 5) is 29.6. The van der Waals surface area contributed by atoms with Crippen molar-refractivity contribution < 1.29 is 14.5 Å². The van der Waals surface area contributed by atoms with Gasteiger partial charge < -0.3 is 9.64 Å². The number of nitro benzene ring substituents is 1. The first kappa shape index (κ1) is 20.1. The minimum Gasteiger partial charge on any atom is -0.425 e. The normalized spacial score (nSPS) is 10.7. The number of nitro groups is 1. The van der Waals surface area contributed by atoms with E-state index in [4.69, 9.17) is 9.72 Å². The Balaban J connectivity index is 1.57. The minimum absolute atomic E-state index is 0.0496. The Morgan fingerprint density at radius 3 is 2.42 bits per heavy atom. The fraction of sp³-hybridized carbons (Fsp3) is 0.130. The van der Waals surface area contributed by atoms with Crippen molar-refractivity contribution in [2.24, 2.45) is 0 Å². The van der Waals surface area contributed by atoms with Crippen molar-refractivity contribution in [1.82, 2.24) is 9.55 Å². The van der Waals surface area contributed by atoms with Crippen LogP contribution in [0.15, 0.2) is 78.9 Å². The van der Waals surface area contributed by atoms with Gasteiger partial charge in [0, 0.05) is 25.7 Å². The van der Waals surface area contributed by atoms with Crippen molar-refractivity contribution in [3.63, 3.8) is 0 Å². The van der Waals surface area contributed by atoms with E-state index in [0.29, 0.717) is 12.5 Å². The molecule has 8 nitrogen and oxygen atoms in total. The van der Waals surface area contributed by atoms with Crippen LogP contribution in [-0.4, -0.2) is 27.5 Å². The molecule has 1 heterocycles. The Labute approximate surface area is 178 Å². The van der Waals surface area contributed by atoms with Crippen LogP contribution < -0.4 is 9.64 Å². The third-order valence-corrected chi connectivity index (χ3v) is 4.80. The van der Waals surface area contributed by atoms with Crippen LogP contribution in [0.1, 0.15) is 5.56 Å². The van der Waals surface area contributed by atoms with Gasteiger partial charge in [0.25, 0.3) is 5.69 Å². The zero-order chi connectivity index (χ0) is 21.8. The highest BCUT2D eigenvalue weighted by atomic mass is 16.6. The van der Waals surface area contributed by atoms with Crippen LogP contribution in [0.2, 0.25) is 0 Å². The fourth-order valence-electron chi connectivity index (χ4n) is 3.37. The first-order chi connectivity index (χ1) is 15.0. The van der Waals surface area contributed by atoms with Crippen molar-refractivity contribution in [3.05, 3.63) is 94.5 Å². The summed E-state index contributed by atoms with van der Waals surface area (Å²) in [6, 6.07) is 23.0. The van der Waals surface area contributed by atoms with Gasteiger partial charge in [-0.05, 0) is 29.8 Å². The van der Waals surface area contributed by atoms with Gasteiger partial charge in [0.15, 0.2) is 0 Å². The largest absolute Gasteiger partial charge is 0.425 e. The SMILES string of the molecule is CN(Cc1ccccc1)c1nc2ccccc2n1CC(=O)Oc1ccc([N+](=O)[O-])cc1. The van der Waals surface area contributed by atoms with Crippen molar-refractivity contribution in [1.29, 1.82) is 0 Å². The van der Waals surface area contributed by atoms with Crippen LogP contribution in [0.3, 0.4) is 0 Å². The Hall–Kier alpha value is -4.20. The van der Waals surface area contributed by atoms with Crippen LogP contribution in [0, 0.1) is 10.1 Å². The third-order valence-electron chi connectivity index (χ3n) is 4.80. The zero-order valence-electron chi connectivity index (χ0n) is 16.8. The molecule has 0 radical (unpaired) electrons. The summed E-state index contributed by atoms with van der Waals surface area (Å²) in [5, 5.41) is 10.8. The second-order valence-corrected chi connectivity index (χ2v) is 7.05. The molecule has 0 saturated carbocycles. The summed E-state index contributed by atoms with van der Waals surface area (Å²) in [6.45, 7) is 0.577. The fourth-order valence-corrected chi connectivity index (χ4v) is 3.37. The molecule has 8 heteroatoms. The third kappa shape index (κ3) is 4.53. The molecule has 3 aromatic carbocycles. The van der Waals surface area contributed by atoms with Crippen molar-refractivity contribution in [2.45, 2.75) is 13.1 Å². The highest BCUT2D eigenvalue weighted by molar-refractivity contribution is 5.82. The number of esters is 1. The summed E-state index contributed by atoms with van der Waals surface area (Å²) in [6.07, 6.45) is 0. The highest BCUT2D eigenvalue weighted by Crippen LogP contribution is 2.24. The molecule has 0 atom stereocenters. The van der Waals surface area contributed by atoms with Crippen molar-refractivity contribution >= 4 is 28.6 Å². The number of anilines is 1. The molecule has 0 spiro atoms. The number of hydrogen-bond donors (Lipinski definition) is 0. The van der Waals surface area contributed by atoms with Crippen LogP contribution in [0.4, 0.5) is 11.6 Å². The summed E-state index contributed by atoms with van der Waals surface area (Å²) < 4.78 is 7.21. The average Bonchev–Trinajstić information content (AvgIpc) is 3.13. The second-order valence-electron chi connectivity index (χ2n) is 7.05. The summed E-state index contributed by atoms with van der Waals surface area (Å²) >= 11 is 0. The summed E-state index contributed by atoms with van der Waals surface area (Å²) in [7, 11) is 1.92. The first-order valence-corrected chi connectivity index (χ1v) is 9.67. The molecule has 0 aliphatic carbocycles. The second kappa shape index (κ2) is 8.66. The molecule has 0 bridgehead atoms. The summed E-state index contributed by atoms with van der Waals surface area (Å²) in [5.74, 6) is 0.399. The van der Waals surface area contributed by atoms with Crippen LogP contribution in [-0.2, 0) is 17.9 Å². The van der Waals surface area contributed by atoms with Gasteiger partial charge in [0.2, 0.25) is 5.95 Å². The molecule has 4 rings (SSSR count). The minimum atomic E-state index is -0.502. The van der Waals surface area contributed by atoms with E-state index in [2.05, 4.69) is 0 Å². The number of ether oxygens (including phenoxy) is 1. The lowest BCUT2D eigenvalue weighted by molar-refractivity contribution is -0.384. The molecular formula is C23H20N4O4. The smallest absolute Gasteiger partial charge is 0.331 e. The number of para-hydroxylation sites is 2. The number of imidazole rings is 1. The van der Waals surface area contributed by atoms with E-state index in [9.17, 15) is 14.9 Å². The molecule has 0 fully saturated rings. The molecule has 1 aromatic heterocycles. The maximum atomic E-state index is 12.7. The Morgan fingerprint density at radius 2 is 1.71 bits per heavy atom. The average molecular weight is 416 g/mol. The lowest BCUT2D eigenvalue weighted by Crippen LogP contribution is -2.24. The Morgan fingerprint density at radius 1 is 1.03 bits per heavy atom. The lowest BCUT2D eigenvalue weighted by atomic mass is 10.2. The van der Waals surface area contributed by atoms with Crippen molar-refractivity contribution in [3.8, 4) is 5.75 Å².